The molecule has 360 valence electrons. The highest BCUT2D eigenvalue weighted by Crippen LogP contribution is 2.35. The Morgan fingerprint density at radius 1 is 0.485 bits per heavy atom. The molecule has 66 heavy (non-hydrogen) atoms. The lowest BCUT2D eigenvalue weighted by Crippen LogP contribution is -2.26. The summed E-state index contributed by atoms with van der Waals surface area (Å²) in [6.45, 7) is 5.36. The number of ether oxygens (including phenoxy) is 7. The van der Waals surface area contributed by atoms with Crippen LogP contribution in [0.25, 0.3) is 0 Å². The molecule has 0 spiro atoms. The SMILES string of the molecule is C=CCCOc1ccc(C(=O)Oc2ccc(OCCC(I)CC(F)(F)CC(I)CCOc3ccc(C(=O)Oc4ccc(OCCC(I)CC(F)(F)CC(I)CCOC)cc4)cc3)cc2)cc1. The van der Waals surface area contributed by atoms with Crippen molar-refractivity contribution in [3.63, 3.8) is 0 Å². The molecule has 4 atom stereocenters. The van der Waals surface area contributed by atoms with Gasteiger partial charge in [0.15, 0.2) is 0 Å². The van der Waals surface area contributed by atoms with Crippen LogP contribution in [0.1, 0.15) is 78.5 Å². The third-order valence-corrected chi connectivity index (χ3v) is 13.9. The first-order chi connectivity index (χ1) is 31.5. The Morgan fingerprint density at radius 2 is 0.758 bits per heavy atom. The van der Waals surface area contributed by atoms with E-state index in [1.807, 2.05) is 67.8 Å². The second kappa shape index (κ2) is 29.4. The summed E-state index contributed by atoms with van der Waals surface area (Å²) in [6.07, 6.45) is 3.37. The molecule has 4 rings (SSSR count). The summed E-state index contributed by atoms with van der Waals surface area (Å²) in [5, 5.41) is 0. The molecule has 4 unspecified atom stereocenters. The Labute approximate surface area is 439 Å². The standard InChI is InChI=1S/C49H54F4I4O9/c1-3-4-25-61-40-9-5-34(6-10-40)46(58)65-44-17-13-43(14-18-44)64-29-24-39(57)33-49(52,53)32-37(55)22-27-62-41-11-7-35(8-12-41)47(59)66-45-19-15-42(16-20-45)63-28-23-38(56)31-48(50,51)30-36(54)21-26-60-2/h3,5-20,36-39H,1,4,21-33H2,2H3. The van der Waals surface area contributed by atoms with E-state index in [4.69, 9.17) is 33.2 Å². The van der Waals surface area contributed by atoms with E-state index in [1.54, 1.807) is 110 Å². The zero-order valence-electron chi connectivity index (χ0n) is 36.4. The van der Waals surface area contributed by atoms with Gasteiger partial charge in [-0.2, -0.15) is 0 Å². The van der Waals surface area contributed by atoms with E-state index in [-0.39, 0.29) is 61.2 Å². The van der Waals surface area contributed by atoms with E-state index < -0.39 is 23.8 Å². The number of rotatable bonds is 31. The molecule has 0 saturated carbocycles. The van der Waals surface area contributed by atoms with Crippen LogP contribution in [0.5, 0.6) is 34.5 Å². The fraction of sp³-hybridized carbons (Fsp3) is 0.429. The monoisotopic (exact) mass is 1370 g/mol. The molecule has 0 radical (unpaired) electrons. The lowest BCUT2D eigenvalue weighted by molar-refractivity contribution is -0.0171. The second-order valence-electron chi connectivity index (χ2n) is 15.3. The highest BCUT2D eigenvalue weighted by atomic mass is 127. The molecule has 0 amide bonds. The lowest BCUT2D eigenvalue weighted by Gasteiger charge is -2.22. The fourth-order valence-electron chi connectivity index (χ4n) is 6.21. The molecule has 0 fully saturated rings. The topological polar surface area (TPSA) is 98.8 Å². The minimum Gasteiger partial charge on any atom is -0.494 e. The quantitative estimate of drug-likeness (QED) is 0.00928. The number of alkyl halides is 8. The Balaban J connectivity index is 1.08. The predicted octanol–water partition coefficient (Wildman–Crippen LogP) is 14.2. The third-order valence-electron chi connectivity index (χ3n) is 9.65. The van der Waals surface area contributed by atoms with Crippen molar-refractivity contribution in [2.24, 2.45) is 0 Å². The lowest BCUT2D eigenvalue weighted by atomic mass is 10.1. The molecule has 0 aliphatic rings. The molecular weight excluding hydrogens is 1320 g/mol. The van der Waals surface area contributed by atoms with Gasteiger partial charge in [0.25, 0.3) is 0 Å². The maximum atomic E-state index is 15.0. The van der Waals surface area contributed by atoms with Gasteiger partial charge in [-0.1, -0.05) is 96.4 Å². The zero-order chi connectivity index (χ0) is 48.0. The van der Waals surface area contributed by atoms with Crippen molar-refractivity contribution in [1.82, 2.24) is 0 Å². The van der Waals surface area contributed by atoms with Crippen LogP contribution in [0, 0.1) is 0 Å². The summed E-state index contributed by atoms with van der Waals surface area (Å²) in [7, 11) is 1.56. The molecule has 0 aliphatic carbocycles. The van der Waals surface area contributed by atoms with Gasteiger partial charge >= 0.3 is 11.9 Å². The minimum atomic E-state index is -2.87. The molecule has 0 bridgehead atoms. The van der Waals surface area contributed by atoms with Crippen molar-refractivity contribution in [1.29, 1.82) is 0 Å². The summed E-state index contributed by atoms with van der Waals surface area (Å²) in [5.41, 5.74) is 0.674. The van der Waals surface area contributed by atoms with Crippen LogP contribution in [0.4, 0.5) is 17.6 Å². The summed E-state index contributed by atoms with van der Waals surface area (Å²) >= 11 is 8.17. The number of methoxy groups -OCH3 is 1. The highest BCUT2D eigenvalue weighted by Gasteiger charge is 2.35. The number of carbonyl (C=O) groups excluding carboxylic acids is 2. The van der Waals surface area contributed by atoms with Crippen LogP contribution >= 0.6 is 90.4 Å². The van der Waals surface area contributed by atoms with Crippen LogP contribution in [-0.4, -0.2) is 79.6 Å². The number of hydrogen-bond acceptors (Lipinski definition) is 9. The van der Waals surface area contributed by atoms with E-state index in [2.05, 4.69) is 29.2 Å². The Bertz CT molecular complexity index is 2040. The molecule has 0 heterocycles. The average Bonchev–Trinajstić information content (AvgIpc) is 3.26. The number of carbonyl (C=O) groups is 2. The van der Waals surface area contributed by atoms with E-state index in [0.29, 0.717) is 84.5 Å². The van der Waals surface area contributed by atoms with Gasteiger partial charge < -0.3 is 33.2 Å². The number of hydrogen-bond donors (Lipinski definition) is 0. The molecule has 4 aromatic carbocycles. The van der Waals surface area contributed by atoms with E-state index in [1.165, 1.54) is 0 Å². The predicted molar refractivity (Wildman–Crippen MR) is 282 cm³/mol. The Kier molecular flexibility index (Phi) is 24.9. The van der Waals surface area contributed by atoms with Crippen LogP contribution < -0.4 is 28.4 Å². The normalized spacial score (nSPS) is 13.5. The van der Waals surface area contributed by atoms with Gasteiger partial charge in [0.05, 0.1) is 37.6 Å². The van der Waals surface area contributed by atoms with Crippen molar-refractivity contribution < 1.29 is 60.3 Å². The van der Waals surface area contributed by atoms with Gasteiger partial charge in [0.2, 0.25) is 11.8 Å². The maximum absolute atomic E-state index is 15.0. The fourth-order valence-corrected chi connectivity index (χ4v) is 9.80. The molecule has 9 nitrogen and oxygen atoms in total. The molecule has 0 aromatic heterocycles. The summed E-state index contributed by atoms with van der Waals surface area (Å²) in [5.74, 6) is -3.87. The van der Waals surface area contributed by atoms with Crippen molar-refractivity contribution >= 4 is 102 Å². The highest BCUT2D eigenvalue weighted by molar-refractivity contribution is 14.1. The molecule has 0 saturated heterocycles. The Morgan fingerprint density at radius 3 is 1.06 bits per heavy atom. The number of halogens is 8. The smallest absolute Gasteiger partial charge is 0.343 e. The van der Waals surface area contributed by atoms with Crippen molar-refractivity contribution in [2.75, 3.05) is 40.1 Å². The largest absolute Gasteiger partial charge is 0.494 e. The van der Waals surface area contributed by atoms with E-state index in [0.717, 1.165) is 6.42 Å². The van der Waals surface area contributed by atoms with Crippen molar-refractivity contribution in [2.45, 2.75) is 85.3 Å². The minimum absolute atomic E-state index is 0.157. The van der Waals surface area contributed by atoms with Gasteiger partial charge in [-0.3, -0.25) is 0 Å². The van der Waals surface area contributed by atoms with Crippen LogP contribution in [0.15, 0.2) is 110 Å². The Hall–Kier alpha value is -2.64. The average molecular weight is 1370 g/mol. The first-order valence-electron chi connectivity index (χ1n) is 21.3. The second-order valence-corrected chi connectivity index (χ2v) is 22.4. The number of benzene rings is 4. The van der Waals surface area contributed by atoms with E-state index in [9.17, 15) is 18.4 Å². The van der Waals surface area contributed by atoms with Crippen LogP contribution in [0.3, 0.4) is 0 Å². The summed E-state index contributed by atoms with van der Waals surface area (Å²) in [6, 6.07) is 26.1. The van der Waals surface area contributed by atoms with Gasteiger partial charge in [0.1, 0.15) is 34.5 Å². The van der Waals surface area contributed by atoms with Crippen molar-refractivity contribution in [3.8, 4) is 34.5 Å². The summed E-state index contributed by atoms with van der Waals surface area (Å²) < 4.78 is 96.8. The van der Waals surface area contributed by atoms with Gasteiger partial charge in [-0.05, 0) is 129 Å². The molecule has 0 N–H and O–H groups in total. The van der Waals surface area contributed by atoms with Crippen LogP contribution in [0.2, 0.25) is 0 Å². The summed E-state index contributed by atoms with van der Waals surface area (Å²) in [4.78, 5) is 25.3. The van der Waals surface area contributed by atoms with Crippen molar-refractivity contribution in [3.05, 3.63) is 121 Å². The van der Waals surface area contributed by atoms with Gasteiger partial charge in [0, 0.05) is 55.1 Å². The number of esters is 2. The zero-order valence-corrected chi connectivity index (χ0v) is 45.1. The first-order valence-corrected chi connectivity index (χ1v) is 26.3. The maximum Gasteiger partial charge on any atom is 0.343 e. The molecule has 0 aliphatic heterocycles. The van der Waals surface area contributed by atoms with E-state index >= 15 is 8.78 Å². The third kappa shape index (κ3) is 22.2. The van der Waals surface area contributed by atoms with Gasteiger partial charge in [-0.25, -0.2) is 27.2 Å². The van der Waals surface area contributed by atoms with Gasteiger partial charge in [-0.15, -0.1) is 6.58 Å². The molecule has 4 aromatic rings. The molecular formula is C49H54F4I4O9. The van der Waals surface area contributed by atoms with Crippen LogP contribution in [-0.2, 0) is 4.74 Å². The molecule has 17 heteroatoms. The first kappa shape index (κ1) is 56.0.